The minimum absolute atomic E-state index is 0.0853. The molecule has 0 amide bonds. The molecule has 0 unspecified atom stereocenters. The van der Waals surface area contributed by atoms with Crippen LogP contribution in [0.2, 0.25) is 0 Å². The highest BCUT2D eigenvalue weighted by Gasteiger charge is 2.09. The first-order chi connectivity index (χ1) is 8.69. The molecule has 0 aliphatic heterocycles. The molecule has 94 valence electrons. The molecule has 0 radical (unpaired) electrons. The summed E-state index contributed by atoms with van der Waals surface area (Å²) in [5, 5.41) is 4.16. The standard InChI is InChI=1S/C14H17N3O/c1-2-7-17-10-12(9-16-17)14(18)8-11-3-5-13(15)6-4-11/h3-6,9-10H,2,7-8,15H2,1H3. The molecule has 1 heterocycles. The maximum atomic E-state index is 12.0. The highest BCUT2D eigenvalue weighted by molar-refractivity contribution is 5.97. The third kappa shape index (κ3) is 2.97. The van der Waals surface area contributed by atoms with Gasteiger partial charge in [0.05, 0.1) is 11.8 Å². The first-order valence-electron chi connectivity index (χ1n) is 6.09. The molecule has 2 aromatic rings. The van der Waals surface area contributed by atoms with Crippen molar-refractivity contribution in [1.29, 1.82) is 0 Å². The minimum atomic E-state index is 0.0853. The summed E-state index contributed by atoms with van der Waals surface area (Å²) in [6.45, 7) is 2.92. The van der Waals surface area contributed by atoms with Crippen LogP contribution in [-0.4, -0.2) is 15.6 Å². The monoisotopic (exact) mass is 243 g/mol. The molecule has 4 nitrogen and oxygen atoms in total. The first kappa shape index (κ1) is 12.4. The van der Waals surface area contributed by atoms with Gasteiger partial charge in [-0.3, -0.25) is 9.48 Å². The van der Waals surface area contributed by atoms with E-state index in [1.54, 1.807) is 10.9 Å². The Bertz CT molecular complexity index is 528. The van der Waals surface area contributed by atoms with Gasteiger partial charge in [0.25, 0.3) is 0 Å². The van der Waals surface area contributed by atoms with Crippen LogP contribution in [-0.2, 0) is 13.0 Å². The number of ketones is 1. The molecule has 4 heteroatoms. The number of hydrogen-bond donors (Lipinski definition) is 1. The lowest BCUT2D eigenvalue weighted by molar-refractivity contribution is 0.0993. The average Bonchev–Trinajstić information content (AvgIpc) is 2.81. The van der Waals surface area contributed by atoms with E-state index >= 15 is 0 Å². The molecule has 0 saturated heterocycles. The Hall–Kier alpha value is -2.10. The summed E-state index contributed by atoms with van der Waals surface area (Å²) in [6.07, 6.45) is 4.84. The van der Waals surface area contributed by atoms with E-state index in [9.17, 15) is 4.79 Å². The van der Waals surface area contributed by atoms with Crippen LogP contribution >= 0.6 is 0 Å². The van der Waals surface area contributed by atoms with Crippen LogP contribution in [0, 0.1) is 0 Å². The molecule has 1 aromatic carbocycles. The molecule has 0 fully saturated rings. The number of carbonyl (C=O) groups is 1. The summed E-state index contributed by atoms with van der Waals surface area (Å²) in [5.41, 5.74) is 7.95. The van der Waals surface area contributed by atoms with Crippen molar-refractivity contribution in [2.24, 2.45) is 0 Å². The number of rotatable bonds is 5. The summed E-state index contributed by atoms with van der Waals surface area (Å²) < 4.78 is 1.80. The molecule has 2 rings (SSSR count). The van der Waals surface area contributed by atoms with E-state index in [2.05, 4.69) is 12.0 Å². The van der Waals surface area contributed by atoms with E-state index in [1.807, 2.05) is 30.5 Å². The van der Waals surface area contributed by atoms with E-state index in [4.69, 9.17) is 5.73 Å². The maximum Gasteiger partial charge on any atom is 0.170 e. The van der Waals surface area contributed by atoms with Crippen molar-refractivity contribution >= 4 is 11.5 Å². The van der Waals surface area contributed by atoms with Crippen molar-refractivity contribution in [3.63, 3.8) is 0 Å². The van der Waals surface area contributed by atoms with Crippen LogP contribution in [0.1, 0.15) is 29.3 Å². The lowest BCUT2D eigenvalue weighted by atomic mass is 10.1. The van der Waals surface area contributed by atoms with Gasteiger partial charge in [-0.25, -0.2) is 0 Å². The van der Waals surface area contributed by atoms with Crippen molar-refractivity contribution in [1.82, 2.24) is 9.78 Å². The van der Waals surface area contributed by atoms with Crippen LogP contribution in [0.5, 0.6) is 0 Å². The second-order valence-electron chi connectivity index (χ2n) is 4.33. The van der Waals surface area contributed by atoms with Crippen molar-refractivity contribution in [3.8, 4) is 0 Å². The zero-order chi connectivity index (χ0) is 13.0. The molecular weight excluding hydrogens is 226 g/mol. The van der Waals surface area contributed by atoms with Gasteiger partial charge >= 0.3 is 0 Å². The molecule has 0 atom stereocenters. The molecule has 0 bridgehead atoms. The Morgan fingerprint density at radius 3 is 2.72 bits per heavy atom. The van der Waals surface area contributed by atoms with Crippen LogP contribution in [0.15, 0.2) is 36.7 Å². The van der Waals surface area contributed by atoms with Crippen LogP contribution in [0.25, 0.3) is 0 Å². The number of anilines is 1. The zero-order valence-electron chi connectivity index (χ0n) is 10.5. The molecule has 0 spiro atoms. The Morgan fingerprint density at radius 2 is 2.06 bits per heavy atom. The lowest BCUT2D eigenvalue weighted by Crippen LogP contribution is -2.03. The number of nitrogens with two attached hydrogens (primary N) is 1. The van der Waals surface area contributed by atoms with Crippen LogP contribution < -0.4 is 5.73 Å². The van der Waals surface area contributed by atoms with Crippen LogP contribution in [0.3, 0.4) is 0 Å². The largest absolute Gasteiger partial charge is 0.399 e. The minimum Gasteiger partial charge on any atom is -0.399 e. The predicted octanol–water partition coefficient (Wildman–Crippen LogP) is 2.30. The Morgan fingerprint density at radius 1 is 1.33 bits per heavy atom. The summed E-state index contributed by atoms with van der Waals surface area (Å²) in [7, 11) is 0. The molecule has 1 aromatic heterocycles. The number of carbonyl (C=O) groups excluding carboxylic acids is 1. The van der Waals surface area contributed by atoms with Gasteiger partial charge in [0.1, 0.15) is 0 Å². The van der Waals surface area contributed by atoms with E-state index in [-0.39, 0.29) is 5.78 Å². The fourth-order valence-electron chi connectivity index (χ4n) is 1.78. The zero-order valence-corrected chi connectivity index (χ0v) is 10.5. The van der Waals surface area contributed by atoms with Gasteiger partial charge in [0.15, 0.2) is 5.78 Å². The fourth-order valence-corrected chi connectivity index (χ4v) is 1.78. The number of aryl methyl sites for hydroxylation is 1. The first-order valence-corrected chi connectivity index (χ1v) is 6.09. The average molecular weight is 243 g/mol. The number of Topliss-reactive ketones (excluding diaryl/α,β-unsaturated/α-hetero) is 1. The SMILES string of the molecule is CCCn1cc(C(=O)Cc2ccc(N)cc2)cn1. The predicted molar refractivity (Wildman–Crippen MR) is 71.4 cm³/mol. The molecule has 0 saturated carbocycles. The number of nitrogens with zero attached hydrogens (tertiary/aromatic N) is 2. The van der Waals surface area contributed by atoms with Gasteiger partial charge in [-0.15, -0.1) is 0 Å². The Kier molecular flexibility index (Phi) is 3.77. The van der Waals surface area contributed by atoms with Gasteiger partial charge < -0.3 is 5.73 Å². The smallest absolute Gasteiger partial charge is 0.170 e. The summed E-state index contributed by atoms with van der Waals surface area (Å²) in [6, 6.07) is 7.37. The molecule has 0 aliphatic carbocycles. The molecular formula is C14H17N3O. The fraction of sp³-hybridized carbons (Fsp3) is 0.286. The third-order valence-corrected chi connectivity index (χ3v) is 2.75. The van der Waals surface area contributed by atoms with E-state index in [1.165, 1.54) is 0 Å². The van der Waals surface area contributed by atoms with Gasteiger partial charge in [-0.05, 0) is 24.1 Å². The van der Waals surface area contributed by atoms with E-state index in [0.29, 0.717) is 17.7 Å². The van der Waals surface area contributed by atoms with Gasteiger partial charge in [-0.2, -0.15) is 5.10 Å². The second kappa shape index (κ2) is 5.49. The van der Waals surface area contributed by atoms with E-state index < -0.39 is 0 Å². The van der Waals surface area contributed by atoms with Gasteiger partial charge in [-0.1, -0.05) is 19.1 Å². The number of aromatic nitrogens is 2. The highest BCUT2D eigenvalue weighted by atomic mass is 16.1. The van der Waals surface area contributed by atoms with Crippen LogP contribution in [0.4, 0.5) is 5.69 Å². The summed E-state index contributed by atoms with van der Waals surface area (Å²) in [4.78, 5) is 12.0. The number of benzene rings is 1. The van der Waals surface area contributed by atoms with E-state index in [0.717, 1.165) is 18.5 Å². The van der Waals surface area contributed by atoms with Crippen molar-refractivity contribution < 1.29 is 4.79 Å². The quantitative estimate of drug-likeness (QED) is 0.647. The van der Waals surface area contributed by atoms with Crippen molar-refractivity contribution in [2.45, 2.75) is 26.3 Å². The summed E-state index contributed by atoms with van der Waals surface area (Å²) in [5.74, 6) is 0.0853. The van der Waals surface area contributed by atoms with Crippen molar-refractivity contribution in [2.75, 3.05) is 5.73 Å². The molecule has 18 heavy (non-hydrogen) atoms. The summed E-state index contributed by atoms with van der Waals surface area (Å²) >= 11 is 0. The number of nitrogen functional groups attached to an aromatic ring is 1. The van der Waals surface area contributed by atoms with Crippen molar-refractivity contribution in [3.05, 3.63) is 47.8 Å². The Labute approximate surface area is 106 Å². The highest BCUT2D eigenvalue weighted by Crippen LogP contribution is 2.10. The molecule has 0 aliphatic rings. The lowest BCUT2D eigenvalue weighted by Gasteiger charge is -2.00. The topological polar surface area (TPSA) is 60.9 Å². The second-order valence-corrected chi connectivity index (χ2v) is 4.33. The Balaban J connectivity index is 2.04. The number of hydrogen-bond acceptors (Lipinski definition) is 3. The van der Waals surface area contributed by atoms with Gasteiger partial charge in [0.2, 0.25) is 0 Å². The molecule has 2 N–H and O–H groups in total. The normalized spacial score (nSPS) is 10.5. The van der Waals surface area contributed by atoms with Gasteiger partial charge in [0, 0.05) is 24.8 Å². The third-order valence-electron chi connectivity index (χ3n) is 2.75. The maximum absolute atomic E-state index is 12.0.